The van der Waals surface area contributed by atoms with E-state index >= 15 is 0 Å². The van der Waals surface area contributed by atoms with Crippen molar-refractivity contribution < 1.29 is 9.47 Å². The molecule has 0 radical (unpaired) electrons. The average molecular weight is 197 g/mol. The predicted octanol–water partition coefficient (Wildman–Crippen LogP) is 0.349. The number of methoxy groups -OCH3 is 1. The van der Waals surface area contributed by atoms with Crippen LogP contribution in [-0.4, -0.2) is 29.8 Å². The van der Waals surface area contributed by atoms with Crippen LogP contribution >= 0.6 is 0 Å². The van der Waals surface area contributed by atoms with Crippen molar-refractivity contribution in [3.63, 3.8) is 0 Å². The fourth-order valence-corrected chi connectivity index (χ4v) is 0.995. The second kappa shape index (κ2) is 5.51. The van der Waals surface area contributed by atoms with Crippen LogP contribution in [0.15, 0.2) is 12.3 Å². The van der Waals surface area contributed by atoms with Gasteiger partial charge >= 0.3 is 6.01 Å². The number of nitrogens with zero attached hydrogens (tertiary/aromatic N) is 2. The number of ether oxygens (including phenoxy) is 2. The molecule has 0 spiro atoms. The van der Waals surface area contributed by atoms with Crippen LogP contribution in [0.2, 0.25) is 0 Å². The van der Waals surface area contributed by atoms with Gasteiger partial charge in [0.2, 0.25) is 0 Å². The van der Waals surface area contributed by atoms with Gasteiger partial charge in [-0.1, -0.05) is 0 Å². The third-order valence-corrected chi connectivity index (χ3v) is 1.61. The zero-order valence-electron chi connectivity index (χ0n) is 8.43. The number of aromatic nitrogens is 2. The SMILES string of the molecule is COCC(C)Oc1nccc(CN)n1. The van der Waals surface area contributed by atoms with E-state index in [1.165, 1.54) is 0 Å². The third kappa shape index (κ3) is 3.27. The summed E-state index contributed by atoms with van der Waals surface area (Å²) in [4.78, 5) is 8.06. The molecule has 1 rings (SSSR count). The maximum absolute atomic E-state index is 5.44. The molecule has 0 amide bonds. The smallest absolute Gasteiger partial charge is 0.316 e. The first-order chi connectivity index (χ1) is 6.76. The number of hydrogen-bond acceptors (Lipinski definition) is 5. The Morgan fingerprint density at radius 1 is 1.57 bits per heavy atom. The van der Waals surface area contributed by atoms with E-state index in [9.17, 15) is 0 Å². The summed E-state index contributed by atoms with van der Waals surface area (Å²) in [5, 5.41) is 0. The van der Waals surface area contributed by atoms with Gasteiger partial charge in [0.05, 0.1) is 12.3 Å². The van der Waals surface area contributed by atoms with Crippen molar-refractivity contribution in [1.82, 2.24) is 9.97 Å². The van der Waals surface area contributed by atoms with Crippen LogP contribution in [0.5, 0.6) is 6.01 Å². The minimum Gasteiger partial charge on any atom is -0.458 e. The molecule has 1 aromatic heterocycles. The third-order valence-electron chi connectivity index (χ3n) is 1.61. The Morgan fingerprint density at radius 3 is 3.00 bits per heavy atom. The molecule has 2 N–H and O–H groups in total. The molecule has 0 bridgehead atoms. The first-order valence-corrected chi connectivity index (χ1v) is 4.44. The average Bonchev–Trinajstić information content (AvgIpc) is 2.18. The predicted molar refractivity (Wildman–Crippen MR) is 51.9 cm³/mol. The van der Waals surface area contributed by atoms with Gasteiger partial charge in [-0.2, -0.15) is 4.98 Å². The molecule has 1 heterocycles. The molecule has 1 aromatic rings. The Labute approximate surface area is 83.3 Å². The van der Waals surface area contributed by atoms with E-state index in [4.69, 9.17) is 15.2 Å². The molecule has 0 aliphatic heterocycles. The Bertz CT molecular complexity index is 281. The van der Waals surface area contributed by atoms with Crippen LogP contribution < -0.4 is 10.5 Å². The van der Waals surface area contributed by atoms with Gasteiger partial charge in [-0.3, -0.25) is 0 Å². The number of hydrogen-bond donors (Lipinski definition) is 1. The second-order valence-corrected chi connectivity index (χ2v) is 2.92. The lowest BCUT2D eigenvalue weighted by Crippen LogP contribution is -2.19. The molecule has 78 valence electrons. The van der Waals surface area contributed by atoms with E-state index in [0.717, 1.165) is 5.69 Å². The van der Waals surface area contributed by atoms with Gasteiger partial charge in [0, 0.05) is 19.9 Å². The Balaban J connectivity index is 2.57. The summed E-state index contributed by atoms with van der Waals surface area (Å²) >= 11 is 0. The van der Waals surface area contributed by atoms with Crippen LogP contribution in [-0.2, 0) is 11.3 Å². The van der Waals surface area contributed by atoms with Crippen LogP contribution in [0.3, 0.4) is 0 Å². The van der Waals surface area contributed by atoms with Crippen molar-refractivity contribution in [3.05, 3.63) is 18.0 Å². The quantitative estimate of drug-likeness (QED) is 0.737. The highest BCUT2D eigenvalue weighted by Crippen LogP contribution is 2.05. The molecule has 0 fully saturated rings. The summed E-state index contributed by atoms with van der Waals surface area (Å²) in [5.41, 5.74) is 6.20. The molecule has 5 nitrogen and oxygen atoms in total. The van der Waals surface area contributed by atoms with Gasteiger partial charge in [-0.05, 0) is 13.0 Å². The summed E-state index contributed by atoms with van der Waals surface area (Å²) in [6, 6.07) is 2.10. The van der Waals surface area contributed by atoms with Crippen molar-refractivity contribution in [2.45, 2.75) is 19.6 Å². The fourth-order valence-electron chi connectivity index (χ4n) is 0.995. The van der Waals surface area contributed by atoms with E-state index in [-0.39, 0.29) is 6.10 Å². The molecule has 1 unspecified atom stereocenters. The summed E-state index contributed by atoms with van der Waals surface area (Å²) in [6.07, 6.45) is 1.57. The first kappa shape index (κ1) is 10.9. The minimum atomic E-state index is -0.0620. The van der Waals surface area contributed by atoms with E-state index in [2.05, 4.69) is 9.97 Å². The summed E-state index contributed by atoms with van der Waals surface area (Å²) in [6.45, 7) is 2.79. The summed E-state index contributed by atoms with van der Waals surface area (Å²) in [5.74, 6) is 0. The zero-order chi connectivity index (χ0) is 10.4. The standard InChI is InChI=1S/C9H15N3O2/c1-7(6-13-2)14-9-11-4-3-8(5-10)12-9/h3-4,7H,5-6,10H2,1-2H3. The molecule has 0 aliphatic rings. The zero-order valence-corrected chi connectivity index (χ0v) is 8.43. The van der Waals surface area contributed by atoms with Crippen molar-refractivity contribution >= 4 is 0 Å². The van der Waals surface area contributed by atoms with Gasteiger partial charge in [0.15, 0.2) is 0 Å². The fraction of sp³-hybridized carbons (Fsp3) is 0.556. The second-order valence-electron chi connectivity index (χ2n) is 2.92. The van der Waals surface area contributed by atoms with E-state index in [1.54, 1.807) is 19.4 Å². The maximum atomic E-state index is 5.44. The molecule has 0 aliphatic carbocycles. The molecule has 1 atom stereocenters. The van der Waals surface area contributed by atoms with Crippen LogP contribution in [0.1, 0.15) is 12.6 Å². The maximum Gasteiger partial charge on any atom is 0.316 e. The molecule has 0 aromatic carbocycles. The Morgan fingerprint density at radius 2 is 2.36 bits per heavy atom. The van der Waals surface area contributed by atoms with Crippen LogP contribution in [0.25, 0.3) is 0 Å². The van der Waals surface area contributed by atoms with Crippen LogP contribution in [0, 0.1) is 0 Å². The molecule has 0 saturated carbocycles. The first-order valence-electron chi connectivity index (χ1n) is 4.44. The lowest BCUT2D eigenvalue weighted by atomic mass is 10.4. The Hall–Kier alpha value is -1.20. The molecule has 14 heavy (non-hydrogen) atoms. The lowest BCUT2D eigenvalue weighted by molar-refractivity contribution is 0.0853. The minimum absolute atomic E-state index is 0.0620. The van der Waals surface area contributed by atoms with Crippen molar-refractivity contribution in [2.75, 3.05) is 13.7 Å². The molecular formula is C9H15N3O2. The van der Waals surface area contributed by atoms with Crippen molar-refractivity contribution in [1.29, 1.82) is 0 Å². The van der Waals surface area contributed by atoms with E-state index in [1.807, 2.05) is 6.92 Å². The summed E-state index contributed by atoms with van der Waals surface area (Å²) in [7, 11) is 1.62. The topological polar surface area (TPSA) is 70.3 Å². The normalized spacial score (nSPS) is 12.5. The number of nitrogens with two attached hydrogens (primary N) is 1. The van der Waals surface area contributed by atoms with Crippen molar-refractivity contribution in [3.8, 4) is 6.01 Å². The van der Waals surface area contributed by atoms with Gasteiger partial charge in [-0.25, -0.2) is 4.98 Å². The highest BCUT2D eigenvalue weighted by Gasteiger charge is 2.05. The Kier molecular flexibility index (Phi) is 4.28. The van der Waals surface area contributed by atoms with Gasteiger partial charge < -0.3 is 15.2 Å². The highest BCUT2D eigenvalue weighted by atomic mass is 16.5. The summed E-state index contributed by atoms with van der Waals surface area (Å²) < 4.78 is 10.3. The van der Waals surface area contributed by atoms with Gasteiger partial charge in [0.1, 0.15) is 6.10 Å². The molecule has 0 saturated heterocycles. The van der Waals surface area contributed by atoms with Crippen LogP contribution in [0.4, 0.5) is 0 Å². The van der Waals surface area contributed by atoms with E-state index in [0.29, 0.717) is 19.2 Å². The number of rotatable bonds is 5. The highest BCUT2D eigenvalue weighted by molar-refractivity contribution is 5.05. The lowest BCUT2D eigenvalue weighted by Gasteiger charge is -2.11. The molecule has 5 heteroatoms. The monoisotopic (exact) mass is 197 g/mol. The molecular weight excluding hydrogens is 182 g/mol. The van der Waals surface area contributed by atoms with Gasteiger partial charge in [-0.15, -0.1) is 0 Å². The van der Waals surface area contributed by atoms with E-state index < -0.39 is 0 Å². The van der Waals surface area contributed by atoms with Gasteiger partial charge in [0.25, 0.3) is 0 Å². The van der Waals surface area contributed by atoms with Crippen molar-refractivity contribution in [2.24, 2.45) is 5.73 Å². The largest absolute Gasteiger partial charge is 0.458 e.